The fraction of sp³-hybridized carbons (Fsp3) is 0.857. The Bertz CT molecular complexity index is 350. The van der Waals surface area contributed by atoms with Crippen LogP contribution in [-0.4, -0.2) is 67.6 Å². The van der Waals surface area contributed by atoms with E-state index >= 15 is 0 Å². The Morgan fingerprint density at radius 3 is 2.76 bits per heavy atom. The summed E-state index contributed by atoms with van der Waals surface area (Å²) in [5.41, 5.74) is 0. The Morgan fingerprint density at radius 2 is 2.19 bits per heavy atom. The van der Waals surface area contributed by atoms with Crippen molar-refractivity contribution in [2.45, 2.75) is 38.8 Å². The molecule has 1 fully saturated rings. The SMILES string of the molecule is CCCN(C(=O)NC(C)CCOC)C1COCC1C(=O)O. The van der Waals surface area contributed by atoms with Gasteiger partial charge in [0.25, 0.3) is 0 Å². The van der Waals surface area contributed by atoms with Gasteiger partial charge in [-0.3, -0.25) is 4.79 Å². The van der Waals surface area contributed by atoms with Crippen molar-refractivity contribution in [3.63, 3.8) is 0 Å². The molecular formula is C14H26N2O5. The second-order valence-corrected chi connectivity index (χ2v) is 5.37. The highest BCUT2D eigenvalue weighted by Crippen LogP contribution is 2.20. The monoisotopic (exact) mass is 302 g/mol. The maximum absolute atomic E-state index is 12.4. The summed E-state index contributed by atoms with van der Waals surface area (Å²) in [6.07, 6.45) is 1.48. The molecule has 1 saturated heterocycles. The summed E-state index contributed by atoms with van der Waals surface area (Å²) in [4.78, 5) is 25.2. The van der Waals surface area contributed by atoms with E-state index in [9.17, 15) is 14.7 Å². The van der Waals surface area contributed by atoms with Crippen LogP contribution in [0.2, 0.25) is 0 Å². The fourth-order valence-electron chi connectivity index (χ4n) is 2.41. The molecule has 2 amide bonds. The van der Waals surface area contributed by atoms with Crippen LogP contribution in [0.1, 0.15) is 26.7 Å². The number of rotatable bonds is 8. The number of carbonyl (C=O) groups excluding carboxylic acids is 1. The minimum atomic E-state index is -0.918. The summed E-state index contributed by atoms with van der Waals surface area (Å²) in [6.45, 7) is 5.38. The van der Waals surface area contributed by atoms with Crippen LogP contribution in [0.3, 0.4) is 0 Å². The third kappa shape index (κ3) is 5.17. The predicted molar refractivity (Wildman–Crippen MR) is 77.2 cm³/mol. The Hall–Kier alpha value is -1.34. The molecule has 1 aliphatic rings. The first-order valence-electron chi connectivity index (χ1n) is 7.37. The van der Waals surface area contributed by atoms with Crippen molar-refractivity contribution in [2.24, 2.45) is 5.92 Å². The van der Waals surface area contributed by atoms with E-state index in [1.54, 1.807) is 12.0 Å². The summed E-state index contributed by atoms with van der Waals surface area (Å²) in [5, 5.41) is 12.1. The second kappa shape index (κ2) is 8.84. The lowest BCUT2D eigenvalue weighted by atomic mass is 10.0. The fourth-order valence-corrected chi connectivity index (χ4v) is 2.41. The number of hydrogen-bond donors (Lipinski definition) is 2. The maximum atomic E-state index is 12.4. The molecule has 0 aromatic carbocycles. The van der Waals surface area contributed by atoms with Gasteiger partial charge in [-0.05, 0) is 19.8 Å². The minimum absolute atomic E-state index is 0.0256. The molecule has 0 aromatic rings. The van der Waals surface area contributed by atoms with Gasteiger partial charge in [-0.2, -0.15) is 0 Å². The molecular weight excluding hydrogens is 276 g/mol. The van der Waals surface area contributed by atoms with Gasteiger partial charge in [-0.1, -0.05) is 6.92 Å². The van der Waals surface area contributed by atoms with E-state index in [2.05, 4.69) is 5.32 Å². The van der Waals surface area contributed by atoms with Gasteiger partial charge in [0.1, 0.15) is 5.92 Å². The van der Waals surface area contributed by atoms with Crippen LogP contribution in [0.5, 0.6) is 0 Å². The molecule has 3 unspecified atom stereocenters. The summed E-state index contributed by atoms with van der Waals surface area (Å²) in [5.74, 6) is -1.57. The molecule has 1 aliphatic heterocycles. The van der Waals surface area contributed by atoms with Crippen molar-refractivity contribution < 1.29 is 24.2 Å². The van der Waals surface area contributed by atoms with Gasteiger partial charge in [0.2, 0.25) is 0 Å². The minimum Gasteiger partial charge on any atom is -0.481 e. The first-order chi connectivity index (χ1) is 10.0. The third-order valence-corrected chi connectivity index (χ3v) is 3.62. The molecule has 0 radical (unpaired) electrons. The number of amides is 2. The standard InChI is InChI=1S/C14H26N2O5/c1-4-6-16(12-9-21-8-11(12)13(17)18)14(19)15-10(2)5-7-20-3/h10-12H,4-9H2,1-3H3,(H,15,19)(H,17,18). The maximum Gasteiger partial charge on any atom is 0.317 e. The van der Waals surface area contributed by atoms with Crippen LogP contribution >= 0.6 is 0 Å². The molecule has 0 aromatic heterocycles. The first-order valence-corrected chi connectivity index (χ1v) is 7.37. The van der Waals surface area contributed by atoms with Crippen LogP contribution in [0.4, 0.5) is 4.79 Å². The molecule has 122 valence electrons. The Kier molecular flexibility index (Phi) is 7.45. The number of hydrogen-bond acceptors (Lipinski definition) is 4. The van der Waals surface area contributed by atoms with Crippen molar-refractivity contribution in [1.82, 2.24) is 10.2 Å². The van der Waals surface area contributed by atoms with Crippen molar-refractivity contribution in [2.75, 3.05) is 33.5 Å². The largest absolute Gasteiger partial charge is 0.481 e. The normalized spacial score (nSPS) is 22.8. The number of nitrogens with zero attached hydrogens (tertiary/aromatic N) is 1. The van der Waals surface area contributed by atoms with Crippen LogP contribution in [-0.2, 0) is 14.3 Å². The van der Waals surface area contributed by atoms with E-state index in [0.29, 0.717) is 19.6 Å². The molecule has 0 spiro atoms. The van der Waals surface area contributed by atoms with E-state index in [-0.39, 0.29) is 25.3 Å². The van der Waals surface area contributed by atoms with E-state index in [4.69, 9.17) is 9.47 Å². The number of urea groups is 1. The molecule has 1 heterocycles. The molecule has 21 heavy (non-hydrogen) atoms. The molecule has 7 nitrogen and oxygen atoms in total. The smallest absolute Gasteiger partial charge is 0.317 e. The molecule has 7 heteroatoms. The summed E-state index contributed by atoms with van der Waals surface area (Å²) in [6, 6.07) is -0.665. The molecule has 2 N–H and O–H groups in total. The van der Waals surface area contributed by atoms with Crippen LogP contribution in [0.25, 0.3) is 0 Å². The van der Waals surface area contributed by atoms with Gasteiger partial charge in [-0.15, -0.1) is 0 Å². The zero-order valence-electron chi connectivity index (χ0n) is 13.0. The Balaban J connectivity index is 2.67. The van der Waals surface area contributed by atoms with Gasteiger partial charge in [-0.25, -0.2) is 4.79 Å². The van der Waals surface area contributed by atoms with Crippen LogP contribution in [0, 0.1) is 5.92 Å². The molecule has 0 aliphatic carbocycles. The zero-order valence-corrected chi connectivity index (χ0v) is 13.0. The van der Waals surface area contributed by atoms with Crippen LogP contribution < -0.4 is 5.32 Å². The molecule has 0 bridgehead atoms. The number of ether oxygens (including phenoxy) is 2. The van der Waals surface area contributed by atoms with E-state index in [0.717, 1.165) is 6.42 Å². The second-order valence-electron chi connectivity index (χ2n) is 5.37. The van der Waals surface area contributed by atoms with Crippen molar-refractivity contribution in [3.05, 3.63) is 0 Å². The highest BCUT2D eigenvalue weighted by atomic mass is 16.5. The number of nitrogens with one attached hydrogen (secondary N) is 1. The number of carbonyl (C=O) groups is 2. The van der Waals surface area contributed by atoms with Gasteiger partial charge >= 0.3 is 12.0 Å². The lowest BCUT2D eigenvalue weighted by Gasteiger charge is -2.31. The highest BCUT2D eigenvalue weighted by Gasteiger charge is 2.39. The van der Waals surface area contributed by atoms with Crippen LogP contribution in [0.15, 0.2) is 0 Å². The van der Waals surface area contributed by atoms with Crippen molar-refractivity contribution in [1.29, 1.82) is 0 Å². The average Bonchev–Trinajstić information content (AvgIpc) is 2.91. The molecule has 3 atom stereocenters. The summed E-state index contributed by atoms with van der Waals surface area (Å²) in [7, 11) is 1.62. The number of methoxy groups -OCH3 is 1. The van der Waals surface area contributed by atoms with E-state index < -0.39 is 17.9 Å². The topological polar surface area (TPSA) is 88.1 Å². The molecule has 1 rings (SSSR count). The van der Waals surface area contributed by atoms with Crippen molar-refractivity contribution >= 4 is 12.0 Å². The Labute approximate surface area is 125 Å². The van der Waals surface area contributed by atoms with Gasteiger partial charge in [0.05, 0.1) is 19.3 Å². The number of carboxylic acids is 1. The van der Waals surface area contributed by atoms with Gasteiger partial charge in [0.15, 0.2) is 0 Å². The number of aliphatic carboxylic acids is 1. The highest BCUT2D eigenvalue weighted by molar-refractivity contribution is 5.77. The Morgan fingerprint density at radius 1 is 1.48 bits per heavy atom. The van der Waals surface area contributed by atoms with Crippen molar-refractivity contribution in [3.8, 4) is 0 Å². The predicted octanol–water partition coefficient (Wildman–Crippen LogP) is 0.933. The zero-order chi connectivity index (χ0) is 15.8. The summed E-state index contributed by atoms with van der Waals surface area (Å²) < 4.78 is 10.2. The van der Waals surface area contributed by atoms with Gasteiger partial charge < -0.3 is 24.8 Å². The molecule has 0 saturated carbocycles. The summed E-state index contributed by atoms with van der Waals surface area (Å²) >= 11 is 0. The van der Waals surface area contributed by atoms with E-state index in [1.807, 2.05) is 13.8 Å². The first kappa shape index (κ1) is 17.7. The quantitative estimate of drug-likeness (QED) is 0.696. The van der Waals surface area contributed by atoms with Gasteiger partial charge in [0, 0.05) is 26.3 Å². The average molecular weight is 302 g/mol. The van der Waals surface area contributed by atoms with E-state index in [1.165, 1.54) is 0 Å². The lowest BCUT2D eigenvalue weighted by molar-refractivity contribution is -0.142. The number of carboxylic acid groups (broad SMARTS) is 1. The third-order valence-electron chi connectivity index (χ3n) is 3.62. The lowest BCUT2D eigenvalue weighted by Crippen LogP contribution is -2.52.